The Morgan fingerprint density at radius 1 is 1.07 bits per heavy atom. The fourth-order valence-electron chi connectivity index (χ4n) is 2.19. The summed E-state index contributed by atoms with van der Waals surface area (Å²) in [5.41, 5.74) is -0.467. The van der Waals surface area contributed by atoms with Crippen LogP contribution in [0.25, 0.3) is 0 Å². The molecule has 140 valence electrons. The van der Waals surface area contributed by atoms with E-state index in [4.69, 9.17) is 5.84 Å². The van der Waals surface area contributed by atoms with Crippen LogP contribution in [-0.4, -0.2) is 14.9 Å². The first-order chi connectivity index (χ1) is 12.8. The van der Waals surface area contributed by atoms with Crippen molar-refractivity contribution >= 4 is 23.3 Å². The van der Waals surface area contributed by atoms with Gasteiger partial charge in [-0.25, -0.2) is 0 Å². The second kappa shape index (κ2) is 7.70. The lowest BCUT2D eigenvalue weighted by atomic mass is 10.2. The monoisotopic (exact) mass is 393 g/mol. The van der Waals surface area contributed by atoms with E-state index in [0.717, 1.165) is 22.4 Å². The van der Waals surface area contributed by atoms with Crippen LogP contribution in [0.5, 0.6) is 0 Å². The molecule has 0 saturated carbocycles. The summed E-state index contributed by atoms with van der Waals surface area (Å²) < 4.78 is 39.2. The molecule has 0 atom stereocenters. The minimum absolute atomic E-state index is 0.0564. The summed E-state index contributed by atoms with van der Waals surface area (Å²) in [7, 11) is 0. The van der Waals surface area contributed by atoms with E-state index in [2.05, 4.69) is 15.5 Å². The molecule has 0 aliphatic carbocycles. The highest BCUT2D eigenvalue weighted by molar-refractivity contribution is 7.98. The van der Waals surface area contributed by atoms with Gasteiger partial charge in [0.2, 0.25) is 11.0 Å². The number of halogens is 3. The topological polar surface area (TPSA) is 85.8 Å². The van der Waals surface area contributed by atoms with E-state index in [-0.39, 0.29) is 16.7 Å². The normalized spacial score (nSPS) is 11.4. The second-order valence-electron chi connectivity index (χ2n) is 5.48. The summed E-state index contributed by atoms with van der Waals surface area (Å²) >= 11 is 1.22. The van der Waals surface area contributed by atoms with Crippen LogP contribution in [0.3, 0.4) is 0 Å². The standard InChI is InChI=1S/C17H14F3N5OS/c18-17(19,20)12-7-4-8-13(9-12)22-14-15(26)25(21)16(24-23-14)27-10-11-5-2-1-3-6-11/h1-9H,10,21H2,(H,22,23). The van der Waals surface area contributed by atoms with Crippen molar-refractivity contribution in [2.75, 3.05) is 11.2 Å². The molecule has 0 radical (unpaired) electrons. The number of nitrogens with two attached hydrogens (primary N) is 1. The van der Waals surface area contributed by atoms with Crippen LogP contribution in [0.1, 0.15) is 11.1 Å². The van der Waals surface area contributed by atoms with Gasteiger partial charge in [-0.3, -0.25) is 4.79 Å². The maximum Gasteiger partial charge on any atom is 0.416 e. The number of nitrogens with one attached hydrogen (secondary N) is 1. The molecule has 0 aliphatic rings. The number of hydrogen-bond acceptors (Lipinski definition) is 6. The molecule has 0 bridgehead atoms. The van der Waals surface area contributed by atoms with Crippen molar-refractivity contribution in [2.45, 2.75) is 17.1 Å². The molecule has 10 heteroatoms. The van der Waals surface area contributed by atoms with Crippen LogP contribution < -0.4 is 16.7 Å². The van der Waals surface area contributed by atoms with Gasteiger partial charge in [0.1, 0.15) is 0 Å². The molecule has 3 N–H and O–H groups in total. The Hall–Kier alpha value is -3.01. The summed E-state index contributed by atoms with van der Waals surface area (Å²) in [6, 6.07) is 13.9. The Bertz CT molecular complexity index is 992. The number of anilines is 2. The average Bonchev–Trinajstić information content (AvgIpc) is 2.65. The molecular formula is C17H14F3N5OS. The predicted molar refractivity (Wildman–Crippen MR) is 97.2 cm³/mol. The molecule has 27 heavy (non-hydrogen) atoms. The third kappa shape index (κ3) is 4.59. The first-order valence-corrected chi connectivity index (χ1v) is 8.69. The SMILES string of the molecule is Nn1c(SCc2ccccc2)nnc(Nc2cccc(C(F)(F)F)c2)c1=O. The molecule has 1 aromatic heterocycles. The fourth-order valence-corrected chi connectivity index (χ4v) is 3.00. The summed E-state index contributed by atoms with van der Waals surface area (Å²) in [6.07, 6.45) is -4.49. The van der Waals surface area contributed by atoms with Crippen molar-refractivity contribution in [1.29, 1.82) is 0 Å². The number of hydrogen-bond donors (Lipinski definition) is 2. The Balaban J connectivity index is 1.78. The highest BCUT2D eigenvalue weighted by atomic mass is 32.2. The maximum absolute atomic E-state index is 12.8. The number of thioether (sulfide) groups is 1. The van der Waals surface area contributed by atoms with Crippen molar-refractivity contribution in [3.05, 3.63) is 76.1 Å². The van der Waals surface area contributed by atoms with E-state index >= 15 is 0 Å². The number of nitrogen functional groups attached to an aromatic ring is 1. The van der Waals surface area contributed by atoms with Crippen LogP contribution in [0.15, 0.2) is 64.5 Å². The summed E-state index contributed by atoms with van der Waals surface area (Å²) in [6.45, 7) is 0. The third-order valence-electron chi connectivity index (χ3n) is 3.53. The van der Waals surface area contributed by atoms with E-state index in [9.17, 15) is 18.0 Å². The zero-order valence-corrected chi connectivity index (χ0v) is 14.6. The zero-order valence-electron chi connectivity index (χ0n) is 13.8. The smallest absolute Gasteiger partial charge is 0.334 e. The van der Waals surface area contributed by atoms with Crippen molar-refractivity contribution < 1.29 is 13.2 Å². The maximum atomic E-state index is 12.8. The highest BCUT2D eigenvalue weighted by Gasteiger charge is 2.30. The van der Waals surface area contributed by atoms with Crippen molar-refractivity contribution in [2.24, 2.45) is 0 Å². The molecule has 0 saturated heterocycles. The van der Waals surface area contributed by atoms with Crippen molar-refractivity contribution in [1.82, 2.24) is 14.9 Å². The van der Waals surface area contributed by atoms with Gasteiger partial charge < -0.3 is 11.2 Å². The van der Waals surface area contributed by atoms with Gasteiger partial charge in [-0.1, -0.05) is 48.2 Å². The van der Waals surface area contributed by atoms with Crippen LogP contribution in [0.2, 0.25) is 0 Å². The molecule has 0 aliphatic heterocycles. The van der Waals surface area contributed by atoms with Gasteiger partial charge in [-0.05, 0) is 23.8 Å². The molecule has 0 fully saturated rings. The Labute approximate surface area is 156 Å². The lowest BCUT2D eigenvalue weighted by molar-refractivity contribution is -0.137. The quantitative estimate of drug-likeness (QED) is 0.510. The third-order valence-corrected chi connectivity index (χ3v) is 4.54. The van der Waals surface area contributed by atoms with Gasteiger partial charge in [-0.2, -0.15) is 17.8 Å². The average molecular weight is 393 g/mol. The molecular weight excluding hydrogens is 379 g/mol. The number of benzene rings is 2. The van der Waals surface area contributed by atoms with Crippen LogP contribution in [-0.2, 0) is 11.9 Å². The van der Waals surface area contributed by atoms with Gasteiger partial charge in [0.05, 0.1) is 5.56 Å². The Kier molecular flexibility index (Phi) is 5.36. The minimum Gasteiger partial charge on any atom is -0.334 e. The number of rotatable bonds is 5. The lowest BCUT2D eigenvalue weighted by Crippen LogP contribution is -2.32. The van der Waals surface area contributed by atoms with E-state index in [1.54, 1.807) is 0 Å². The van der Waals surface area contributed by atoms with Crippen molar-refractivity contribution in [3.63, 3.8) is 0 Å². The summed E-state index contributed by atoms with van der Waals surface area (Å²) in [5, 5.41) is 10.4. The molecule has 1 heterocycles. The van der Waals surface area contributed by atoms with Crippen LogP contribution >= 0.6 is 11.8 Å². The Morgan fingerprint density at radius 2 is 1.81 bits per heavy atom. The van der Waals surface area contributed by atoms with Gasteiger partial charge in [0.15, 0.2) is 0 Å². The molecule has 0 spiro atoms. The van der Waals surface area contributed by atoms with E-state index < -0.39 is 17.3 Å². The van der Waals surface area contributed by atoms with Crippen LogP contribution in [0, 0.1) is 0 Å². The van der Waals surface area contributed by atoms with Gasteiger partial charge >= 0.3 is 11.7 Å². The summed E-state index contributed by atoms with van der Waals surface area (Å²) in [5.74, 6) is 6.03. The molecule has 3 aromatic rings. The zero-order chi connectivity index (χ0) is 19.4. The molecule has 0 amide bonds. The first kappa shape index (κ1) is 18.8. The highest BCUT2D eigenvalue weighted by Crippen LogP contribution is 2.31. The molecule has 2 aromatic carbocycles. The van der Waals surface area contributed by atoms with Crippen molar-refractivity contribution in [3.8, 4) is 0 Å². The van der Waals surface area contributed by atoms with Gasteiger partial charge in [0, 0.05) is 11.4 Å². The van der Waals surface area contributed by atoms with Crippen LogP contribution in [0.4, 0.5) is 24.7 Å². The Morgan fingerprint density at radius 3 is 2.52 bits per heavy atom. The number of aromatic nitrogens is 3. The largest absolute Gasteiger partial charge is 0.416 e. The van der Waals surface area contributed by atoms with Gasteiger partial charge in [-0.15, -0.1) is 10.2 Å². The molecule has 0 unspecified atom stereocenters. The fraction of sp³-hybridized carbons (Fsp3) is 0.118. The predicted octanol–water partition coefficient (Wildman–Crippen LogP) is 3.41. The van der Waals surface area contributed by atoms with E-state index in [1.165, 1.54) is 23.9 Å². The van der Waals surface area contributed by atoms with Gasteiger partial charge in [0.25, 0.3) is 0 Å². The second-order valence-corrected chi connectivity index (χ2v) is 6.43. The molecule has 6 nitrogen and oxygen atoms in total. The lowest BCUT2D eigenvalue weighted by Gasteiger charge is -2.11. The summed E-state index contributed by atoms with van der Waals surface area (Å²) in [4.78, 5) is 12.3. The molecule has 3 rings (SSSR count). The van der Waals surface area contributed by atoms with E-state index in [1.807, 2.05) is 30.3 Å². The number of alkyl halides is 3. The minimum atomic E-state index is -4.49. The van der Waals surface area contributed by atoms with E-state index in [0.29, 0.717) is 5.75 Å². The number of nitrogens with zero attached hydrogens (tertiary/aromatic N) is 3. The first-order valence-electron chi connectivity index (χ1n) is 7.70.